The van der Waals surface area contributed by atoms with Crippen molar-refractivity contribution >= 4 is 17.7 Å². The lowest BCUT2D eigenvalue weighted by Gasteiger charge is -2.30. The van der Waals surface area contributed by atoms with E-state index in [9.17, 15) is 4.79 Å². The number of rotatable bonds is 6. The van der Waals surface area contributed by atoms with E-state index < -0.39 is 0 Å². The van der Waals surface area contributed by atoms with Gasteiger partial charge in [0.05, 0.1) is 19.8 Å². The first-order chi connectivity index (χ1) is 14.2. The topological polar surface area (TPSA) is 60.3 Å². The minimum absolute atomic E-state index is 0.0939. The van der Waals surface area contributed by atoms with Gasteiger partial charge in [0, 0.05) is 13.1 Å². The standard InChI is InChI=1S/C22H24N4O2S/c1-17-23-24-22(26(17)16-18-8-4-2-5-9-18)29-20(19-10-6-3-7-11-19)21(27)25-12-14-28-15-13-25/h2-11,20H,12-16H2,1H3/t20-/m1/s1. The average molecular weight is 409 g/mol. The molecular weight excluding hydrogens is 384 g/mol. The Kier molecular flexibility index (Phi) is 6.27. The van der Waals surface area contributed by atoms with Crippen molar-refractivity contribution in [3.05, 3.63) is 77.6 Å². The molecule has 1 aliphatic heterocycles. The molecule has 1 saturated heterocycles. The molecule has 4 rings (SSSR count). The Morgan fingerprint density at radius 2 is 1.69 bits per heavy atom. The van der Waals surface area contributed by atoms with Crippen LogP contribution in [0, 0.1) is 6.92 Å². The summed E-state index contributed by atoms with van der Waals surface area (Å²) in [5, 5.41) is 9.05. The van der Waals surface area contributed by atoms with E-state index in [0.717, 1.165) is 16.5 Å². The highest BCUT2D eigenvalue weighted by Crippen LogP contribution is 2.36. The molecule has 0 spiro atoms. The van der Waals surface area contributed by atoms with Crippen molar-refractivity contribution in [2.45, 2.75) is 23.9 Å². The molecule has 29 heavy (non-hydrogen) atoms. The highest BCUT2D eigenvalue weighted by Gasteiger charge is 2.30. The second kappa shape index (κ2) is 9.24. The van der Waals surface area contributed by atoms with Gasteiger partial charge in [-0.15, -0.1) is 10.2 Å². The van der Waals surface area contributed by atoms with Gasteiger partial charge in [0.1, 0.15) is 11.1 Å². The van der Waals surface area contributed by atoms with E-state index in [1.165, 1.54) is 17.3 Å². The number of thioether (sulfide) groups is 1. The number of hydrogen-bond acceptors (Lipinski definition) is 5. The Morgan fingerprint density at radius 3 is 2.38 bits per heavy atom. The highest BCUT2D eigenvalue weighted by atomic mass is 32.2. The van der Waals surface area contributed by atoms with E-state index in [-0.39, 0.29) is 11.2 Å². The van der Waals surface area contributed by atoms with Gasteiger partial charge in [0.15, 0.2) is 5.16 Å². The van der Waals surface area contributed by atoms with Gasteiger partial charge in [0.2, 0.25) is 5.91 Å². The van der Waals surface area contributed by atoms with Crippen LogP contribution in [0.4, 0.5) is 0 Å². The zero-order chi connectivity index (χ0) is 20.1. The number of carbonyl (C=O) groups excluding carboxylic acids is 1. The van der Waals surface area contributed by atoms with Gasteiger partial charge in [0.25, 0.3) is 0 Å². The molecule has 0 radical (unpaired) electrons. The number of aryl methyl sites for hydroxylation is 1. The van der Waals surface area contributed by atoms with Crippen molar-refractivity contribution in [3.63, 3.8) is 0 Å². The molecule has 3 aromatic rings. The van der Waals surface area contributed by atoms with Crippen LogP contribution in [0.3, 0.4) is 0 Å². The molecule has 6 nitrogen and oxygen atoms in total. The summed E-state index contributed by atoms with van der Waals surface area (Å²) in [4.78, 5) is 15.3. The van der Waals surface area contributed by atoms with Gasteiger partial charge in [-0.05, 0) is 18.1 Å². The number of carbonyl (C=O) groups is 1. The fourth-order valence-electron chi connectivity index (χ4n) is 3.34. The van der Waals surface area contributed by atoms with E-state index in [1.54, 1.807) is 0 Å². The summed E-state index contributed by atoms with van der Waals surface area (Å²) in [6.45, 7) is 5.04. The molecule has 1 aliphatic rings. The number of nitrogens with zero attached hydrogens (tertiary/aromatic N) is 4. The van der Waals surface area contributed by atoms with Crippen LogP contribution in [0.15, 0.2) is 65.8 Å². The molecule has 0 aliphatic carbocycles. The molecule has 0 saturated carbocycles. The molecule has 1 aromatic heterocycles. The van der Waals surface area contributed by atoms with Gasteiger partial charge >= 0.3 is 0 Å². The average Bonchev–Trinajstić information content (AvgIpc) is 3.12. The van der Waals surface area contributed by atoms with Crippen LogP contribution >= 0.6 is 11.8 Å². The normalized spacial score (nSPS) is 15.3. The number of aromatic nitrogens is 3. The first kappa shape index (κ1) is 19.7. The monoisotopic (exact) mass is 408 g/mol. The van der Waals surface area contributed by atoms with Crippen LogP contribution in [0.2, 0.25) is 0 Å². The van der Waals surface area contributed by atoms with Gasteiger partial charge in [-0.1, -0.05) is 72.4 Å². The second-order valence-corrected chi connectivity index (χ2v) is 8.02. The Labute approximate surface area is 174 Å². The minimum Gasteiger partial charge on any atom is -0.378 e. The smallest absolute Gasteiger partial charge is 0.240 e. The lowest BCUT2D eigenvalue weighted by molar-refractivity contribution is -0.134. The van der Waals surface area contributed by atoms with E-state index in [4.69, 9.17) is 4.74 Å². The summed E-state index contributed by atoms with van der Waals surface area (Å²) >= 11 is 1.47. The van der Waals surface area contributed by atoms with Crippen LogP contribution in [-0.2, 0) is 16.1 Å². The van der Waals surface area contributed by atoms with Crippen molar-refractivity contribution in [1.82, 2.24) is 19.7 Å². The van der Waals surface area contributed by atoms with Gasteiger partial charge in [-0.2, -0.15) is 0 Å². The molecule has 7 heteroatoms. The van der Waals surface area contributed by atoms with Gasteiger partial charge in [-0.3, -0.25) is 4.79 Å². The van der Waals surface area contributed by atoms with E-state index in [0.29, 0.717) is 32.8 Å². The number of ether oxygens (including phenoxy) is 1. The molecule has 2 heterocycles. The molecule has 1 atom stereocenters. The van der Waals surface area contributed by atoms with Crippen molar-refractivity contribution in [2.75, 3.05) is 26.3 Å². The lowest BCUT2D eigenvalue weighted by atomic mass is 10.1. The number of morpholine rings is 1. The maximum atomic E-state index is 13.4. The fraction of sp³-hybridized carbons (Fsp3) is 0.318. The summed E-state index contributed by atoms with van der Waals surface area (Å²) in [5.74, 6) is 0.929. The molecule has 0 bridgehead atoms. The van der Waals surface area contributed by atoms with Crippen molar-refractivity contribution in [2.24, 2.45) is 0 Å². The highest BCUT2D eigenvalue weighted by molar-refractivity contribution is 8.00. The summed E-state index contributed by atoms with van der Waals surface area (Å²) in [7, 11) is 0. The predicted molar refractivity (Wildman–Crippen MR) is 113 cm³/mol. The fourth-order valence-corrected chi connectivity index (χ4v) is 4.51. The zero-order valence-corrected chi connectivity index (χ0v) is 17.2. The van der Waals surface area contributed by atoms with Crippen LogP contribution in [0.25, 0.3) is 0 Å². The first-order valence-electron chi connectivity index (χ1n) is 9.74. The molecule has 2 aromatic carbocycles. The van der Waals surface area contributed by atoms with Gasteiger partial charge in [-0.25, -0.2) is 0 Å². The molecule has 1 amide bonds. The van der Waals surface area contributed by atoms with Crippen molar-refractivity contribution < 1.29 is 9.53 Å². The summed E-state index contributed by atoms with van der Waals surface area (Å²) in [5.41, 5.74) is 2.15. The van der Waals surface area contributed by atoms with Gasteiger partial charge < -0.3 is 14.2 Å². The molecule has 0 N–H and O–H groups in total. The van der Waals surface area contributed by atoms with Crippen molar-refractivity contribution in [3.8, 4) is 0 Å². The molecule has 0 unspecified atom stereocenters. The third-order valence-electron chi connectivity index (χ3n) is 4.96. The summed E-state index contributed by atoms with van der Waals surface area (Å²) in [6, 6.07) is 20.1. The third-order valence-corrected chi connectivity index (χ3v) is 6.18. The van der Waals surface area contributed by atoms with Crippen LogP contribution in [-0.4, -0.2) is 51.9 Å². The Balaban J connectivity index is 1.62. The number of hydrogen-bond donors (Lipinski definition) is 0. The summed E-state index contributed by atoms with van der Waals surface area (Å²) < 4.78 is 7.49. The van der Waals surface area contributed by atoms with Crippen LogP contribution in [0.5, 0.6) is 0 Å². The molecular formula is C22H24N4O2S. The third kappa shape index (κ3) is 4.68. The largest absolute Gasteiger partial charge is 0.378 e. The SMILES string of the molecule is Cc1nnc(S[C@@H](C(=O)N2CCOCC2)c2ccccc2)n1Cc1ccccc1. The minimum atomic E-state index is -0.368. The van der Waals surface area contributed by atoms with E-state index in [2.05, 4.69) is 26.9 Å². The molecule has 1 fully saturated rings. The van der Waals surface area contributed by atoms with Crippen molar-refractivity contribution in [1.29, 1.82) is 0 Å². The van der Waals surface area contributed by atoms with E-state index >= 15 is 0 Å². The molecule has 150 valence electrons. The Hall–Kier alpha value is -2.64. The zero-order valence-electron chi connectivity index (χ0n) is 16.4. The second-order valence-electron chi connectivity index (χ2n) is 6.95. The maximum absolute atomic E-state index is 13.4. The summed E-state index contributed by atoms with van der Waals surface area (Å²) in [6.07, 6.45) is 0. The van der Waals surface area contributed by atoms with Crippen LogP contribution in [0.1, 0.15) is 22.2 Å². The maximum Gasteiger partial charge on any atom is 0.240 e. The van der Waals surface area contributed by atoms with Crippen LogP contribution < -0.4 is 0 Å². The number of benzene rings is 2. The lowest BCUT2D eigenvalue weighted by Crippen LogP contribution is -2.42. The van der Waals surface area contributed by atoms with E-state index in [1.807, 2.05) is 60.4 Å². The number of amides is 1. The Morgan fingerprint density at radius 1 is 1.03 bits per heavy atom. The first-order valence-corrected chi connectivity index (χ1v) is 10.6. The Bertz CT molecular complexity index is 940. The predicted octanol–water partition coefficient (Wildman–Crippen LogP) is 3.33. The quantitative estimate of drug-likeness (QED) is 0.586.